The Kier molecular flexibility index (Phi) is 5.77. The highest BCUT2D eigenvalue weighted by molar-refractivity contribution is 8.13. The Morgan fingerprint density at radius 3 is 2.33 bits per heavy atom. The summed E-state index contributed by atoms with van der Waals surface area (Å²) in [6.07, 6.45) is 0. The number of nitrogens with one attached hydrogen (secondary N) is 1. The third-order valence-electron chi connectivity index (χ3n) is 2.86. The second-order valence-electron chi connectivity index (χ2n) is 4.41. The van der Waals surface area contributed by atoms with Crippen molar-refractivity contribution in [3.8, 4) is 0 Å². The van der Waals surface area contributed by atoms with Gasteiger partial charge in [0.1, 0.15) is 0 Å². The fourth-order valence-corrected chi connectivity index (χ4v) is 3.14. The van der Waals surface area contributed by atoms with Crippen LogP contribution >= 0.6 is 10.7 Å². The molecule has 0 fully saturated rings. The minimum absolute atomic E-state index is 0.00397. The lowest BCUT2D eigenvalue weighted by molar-refractivity contribution is 0.0955. The standard InChI is InChI=1S/C12H16ClNO5S2/c1-3-20(16,17)7-6-14-12(15)11-5-4-10(8-9(11)2)21(13,18)19/h4-5,8H,3,6-7H2,1-2H3,(H,14,15). The molecule has 0 aliphatic heterocycles. The van der Waals surface area contributed by atoms with Crippen molar-refractivity contribution in [2.24, 2.45) is 0 Å². The minimum atomic E-state index is -3.85. The van der Waals surface area contributed by atoms with E-state index in [1.54, 1.807) is 6.92 Å². The predicted octanol–water partition coefficient (Wildman–Crippen LogP) is 1.09. The van der Waals surface area contributed by atoms with Crippen molar-refractivity contribution in [3.05, 3.63) is 29.3 Å². The van der Waals surface area contributed by atoms with Gasteiger partial charge in [0.15, 0.2) is 9.84 Å². The molecule has 0 heterocycles. The van der Waals surface area contributed by atoms with Gasteiger partial charge in [-0.05, 0) is 30.7 Å². The second kappa shape index (κ2) is 6.76. The van der Waals surface area contributed by atoms with Gasteiger partial charge in [0.2, 0.25) is 0 Å². The first-order valence-electron chi connectivity index (χ1n) is 6.11. The van der Waals surface area contributed by atoms with Crippen LogP contribution in [0.1, 0.15) is 22.8 Å². The van der Waals surface area contributed by atoms with E-state index in [0.29, 0.717) is 5.56 Å². The van der Waals surface area contributed by atoms with Crippen molar-refractivity contribution in [1.82, 2.24) is 5.32 Å². The molecule has 0 radical (unpaired) electrons. The van der Waals surface area contributed by atoms with Crippen LogP contribution in [0.5, 0.6) is 0 Å². The van der Waals surface area contributed by atoms with Crippen molar-refractivity contribution in [2.75, 3.05) is 18.1 Å². The summed E-state index contributed by atoms with van der Waals surface area (Å²) in [5.41, 5.74) is 0.709. The molecule has 0 unspecified atom stereocenters. The Hall–Kier alpha value is -1.12. The molecule has 0 aromatic heterocycles. The monoisotopic (exact) mass is 353 g/mol. The zero-order valence-electron chi connectivity index (χ0n) is 11.6. The maximum absolute atomic E-state index is 11.9. The van der Waals surface area contributed by atoms with Crippen molar-refractivity contribution in [3.63, 3.8) is 0 Å². The molecule has 0 aliphatic rings. The average Bonchev–Trinajstić information content (AvgIpc) is 2.37. The number of benzene rings is 1. The summed E-state index contributed by atoms with van der Waals surface area (Å²) in [5, 5.41) is 2.49. The molecule has 118 valence electrons. The van der Waals surface area contributed by atoms with Crippen LogP contribution in [0.15, 0.2) is 23.1 Å². The highest BCUT2D eigenvalue weighted by atomic mass is 35.7. The predicted molar refractivity (Wildman–Crippen MR) is 80.9 cm³/mol. The van der Waals surface area contributed by atoms with Crippen LogP contribution in [-0.4, -0.2) is 40.8 Å². The van der Waals surface area contributed by atoms with Gasteiger partial charge in [0.05, 0.1) is 10.6 Å². The fourth-order valence-electron chi connectivity index (χ4n) is 1.60. The van der Waals surface area contributed by atoms with Crippen LogP contribution in [0.4, 0.5) is 0 Å². The molecule has 0 saturated carbocycles. The van der Waals surface area contributed by atoms with Crippen LogP contribution in [0.2, 0.25) is 0 Å². The molecule has 0 bridgehead atoms. The minimum Gasteiger partial charge on any atom is -0.351 e. The lowest BCUT2D eigenvalue weighted by atomic mass is 10.1. The fraction of sp³-hybridized carbons (Fsp3) is 0.417. The van der Waals surface area contributed by atoms with Gasteiger partial charge in [0.25, 0.3) is 15.0 Å². The molecule has 0 saturated heterocycles. The molecule has 1 N–H and O–H groups in total. The van der Waals surface area contributed by atoms with Crippen LogP contribution in [0, 0.1) is 6.92 Å². The lowest BCUT2D eigenvalue weighted by Crippen LogP contribution is -2.30. The zero-order chi connectivity index (χ0) is 16.3. The highest BCUT2D eigenvalue weighted by Gasteiger charge is 2.15. The molecule has 1 rings (SSSR count). The van der Waals surface area contributed by atoms with Gasteiger partial charge in [-0.25, -0.2) is 16.8 Å². The molecule has 0 atom stereocenters. The summed E-state index contributed by atoms with van der Waals surface area (Å²) < 4.78 is 45.0. The summed E-state index contributed by atoms with van der Waals surface area (Å²) in [6, 6.07) is 3.86. The Balaban J connectivity index is 2.81. The summed E-state index contributed by atoms with van der Waals surface area (Å²) in [6.45, 7) is 3.11. The van der Waals surface area contributed by atoms with Crippen LogP contribution in [-0.2, 0) is 18.9 Å². The summed E-state index contributed by atoms with van der Waals surface area (Å²) in [5.74, 6) is -0.579. The number of sulfone groups is 1. The van der Waals surface area contributed by atoms with Gasteiger partial charge in [-0.3, -0.25) is 4.79 Å². The molecule has 0 aliphatic carbocycles. The number of aryl methyl sites for hydroxylation is 1. The Bertz CT molecular complexity index is 741. The summed E-state index contributed by atoms with van der Waals surface area (Å²) in [7, 11) is -1.77. The van der Waals surface area contributed by atoms with E-state index in [-0.39, 0.29) is 28.5 Å². The molecule has 1 aromatic rings. The first-order chi connectivity index (χ1) is 9.57. The van der Waals surface area contributed by atoms with E-state index in [0.717, 1.165) is 0 Å². The van der Waals surface area contributed by atoms with Crippen molar-refractivity contribution in [1.29, 1.82) is 0 Å². The van der Waals surface area contributed by atoms with Crippen LogP contribution in [0.3, 0.4) is 0 Å². The molecule has 9 heteroatoms. The van der Waals surface area contributed by atoms with E-state index in [2.05, 4.69) is 5.32 Å². The van der Waals surface area contributed by atoms with Gasteiger partial charge in [0, 0.05) is 28.5 Å². The molecule has 6 nitrogen and oxygen atoms in total. The normalized spacial score (nSPS) is 12.1. The number of rotatable bonds is 6. The topological polar surface area (TPSA) is 97.4 Å². The van der Waals surface area contributed by atoms with Crippen LogP contribution < -0.4 is 5.32 Å². The van der Waals surface area contributed by atoms with Gasteiger partial charge < -0.3 is 5.32 Å². The van der Waals surface area contributed by atoms with E-state index >= 15 is 0 Å². The quantitative estimate of drug-likeness (QED) is 0.772. The number of carbonyl (C=O) groups excluding carboxylic acids is 1. The van der Waals surface area contributed by atoms with Crippen molar-refractivity contribution >= 4 is 35.5 Å². The molecule has 0 spiro atoms. The maximum atomic E-state index is 11.9. The second-order valence-corrected chi connectivity index (χ2v) is 9.45. The van der Waals surface area contributed by atoms with Gasteiger partial charge in [-0.2, -0.15) is 0 Å². The summed E-state index contributed by atoms with van der Waals surface area (Å²) in [4.78, 5) is 11.8. The van der Waals surface area contributed by atoms with E-state index in [9.17, 15) is 21.6 Å². The number of amides is 1. The number of hydrogen-bond acceptors (Lipinski definition) is 5. The molecule has 1 aromatic carbocycles. The smallest absolute Gasteiger partial charge is 0.261 e. The first kappa shape index (κ1) is 17.9. The number of carbonyl (C=O) groups is 1. The Morgan fingerprint density at radius 1 is 1.24 bits per heavy atom. The van der Waals surface area contributed by atoms with Crippen molar-refractivity contribution in [2.45, 2.75) is 18.7 Å². The Labute approximate surface area is 128 Å². The van der Waals surface area contributed by atoms with Crippen LogP contribution in [0.25, 0.3) is 0 Å². The van der Waals surface area contributed by atoms with Crippen molar-refractivity contribution < 1.29 is 21.6 Å². The third kappa shape index (κ3) is 5.29. The third-order valence-corrected chi connectivity index (χ3v) is 5.92. The number of hydrogen-bond donors (Lipinski definition) is 1. The van der Waals surface area contributed by atoms with Gasteiger partial charge >= 0.3 is 0 Å². The van der Waals surface area contributed by atoms with E-state index in [4.69, 9.17) is 10.7 Å². The lowest BCUT2D eigenvalue weighted by Gasteiger charge is -2.08. The van der Waals surface area contributed by atoms with Gasteiger partial charge in [-0.15, -0.1) is 0 Å². The van der Waals surface area contributed by atoms with E-state index in [1.807, 2.05) is 0 Å². The maximum Gasteiger partial charge on any atom is 0.261 e. The Morgan fingerprint density at radius 2 is 1.86 bits per heavy atom. The summed E-state index contributed by atoms with van der Waals surface area (Å²) >= 11 is 0. The highest BCUT2D eigenvalue weighted by Crippen LogP contribution is 2.18. The molecule has 1 amide bonds. The zero-order valence-corrected chi connectivity index (χ0v) is 14.0. The molecule has 21 heavy (non-hydrogen) atoms. The van der Waals surface area contributed by atoms with E-state index in [1.165, 1.54) is 25.1 Å². The first-order valence-corrected chi connectivity index (χ1v) is 10.2. The average molecular weight is 354 g/mol. The number of halogens is 1. The van der Waals surface area contributed by atoms with Gasteiger partial charge in [-0.1, -0.05) is 6.92 Å². The van der Waals surface area contributed by atoms with E-state index < -0.39 is 24.8 Å². The largest absolute Gasteiger partial charge is 0.351 e. The molecular formula is C12H16ClNO5S2. The molecular weight excluding hydrogens is 338 g/mol. The SMILES string of the molecule is CCS(=O)(=O)CCNC(=O)c1ccc(S(=O)(=O)Cl)cc1C.